The lowest BCUT2D eigenvalue weighted by Gasteiger charge is -2.18. The average Bonchev–Trinajstić information content (AvgIpc) is 3.11. The largest absolute Gasteiger partial charge is 0.481 e. The summed E-state index contributed by atoms with van der Waals surface area (Å²) < 4.78 is 16.3. The quantitative estimate of drug-likeness (QED) is 0.0280. The van der Waals surface area contributed by atoms with Crippen LogP contribution >= 0.6 is 0 Å². The topological polar surface area (TPSA) is 145 Å². The smallest absolute Gasteiger partial charge is 0.325 e. The van der Waals surface area contributed by atoms with Gasteiger partial charge in [0.15, 0.2) is 0 Å². The van der Waals surface area contributed by atoms with Crippen molar-refractivity contribution in [1.29, 1.82) is 0 Å². The van der Waals surface area contributed by atoms with Crippen molar-refractivity contribution in [2.45, 2.75) is 187 Å². The summed E-state index contributed by atoms with van der Waals surface area (Å²) in [5.41, 5.74) is 0. The molecule has 0 fully saturated rings. The third-order valence-corrected chi connectivity index (χ3v) is 8.57. The van der Waals surface area contributed by atoms with Crippen molar-refractivity contribution in [1.82, 2.24) is 5.32 Å². The summed E-state index contributed by atoms with van der Waals surface area (Å²) in [5, 5.41) is 11.2. The number of hydrogen-bond acceptors (Lipinski definition) is 8. The molecule has 0 saturated carbocycles. The first-order valence-corrected chi connectivity index (χ1v) is 20.1. The molecule has 0 aliphatic carbocycles. The number of carboxylic acid groups (broad SMARTS) is 1. The number of hydrogen-bond donors (Lipinski definition) is 2. The molecule has 2 N–H and O–H groups in total. The number of allylic oxidation sites excluding steroid dienone is 2. The SMILES string of the molecule is CCCCCC/C=C\COC(=O)CCCCCCCC(CCCCCCCC(=O)OC/C=C\CCCCCC)OC(=O)CNC(=O)CCC(=O)O. The molecule has 294 valence electrons. The van der Waals surface area contributed by atoms with Crippen molar-refractivity contribution in [3.05, 3.63) is 24.3 Å². The Balaban J connectivity index is 4.29. The Kier molecular flexibility index (Phi) is 34.3. The highest BCUT2D eigenvalue weighted by Crippen LogP contribution is 2.17. The number of carbonyl (C=O) groups excluding carboxylic acids is 4. The van der Waals surface area contributed by atoms with Crippen LogP contribution in [0, 0.1) is 0 Å². The predicted molar refractivity (Wildman–Crippen MR) is 202 cm³/mol. The number of carbonyl (C=O) groups is 5. The van der Waals surface area contributed by atoms with Crippen molar-refractivity contribution >= 4 is 29.8 Å². The van der Waals surface area contributed by atoms with Gasteiger partial charge in [-0.15, -0.1) is 0 Å². The molecule has 1 amide bonds. The number of rotatable bonds is 36. The fourth-order valence-electron chi connectivity index (χ4n) is 5.49. The first kappa shape index (κ1) is 47.8. The van der Waals surface area contributed by atoms with Crippen molar-refractivity contribution in [2.24, 2.45) is 0 Å². The van der Waals surface area contributed by atoms with Gasteiger partial charge in [-0.3, -0.25) is 24.0 Å². The van der Waals surface area contributed by atoms with Crippen LogP contribution in [0.2, 0.25) is 0 Å². The van der Waals surface area contributed by atoms with E-state index in [1.165, 1.54) is 51.4 Å². The van der Waals surface area contributed by atoms with E-state index in [9.17, 15) is 24.0 Å². The lowest BCUT2D eigenvalue weighted by atomic mass is 10.0. The van der Waals surface area contributed by atoms with Crippen LogP contribution in [-0.2, 0) is 38.2 Å². The van der Waals surface area contributed by atoms with Gasteiger partial charge in [0, 0.05) is 19.3 Å². The van der Waals surface area contributed by atoms with Crippen LogP contribution < -0.4 is 5.32 Å². The maximum Gasteiger partial charge on any atom is 0.325 e. The monoisotopic (exact) mass is 722 g/mol. The number of aliphatic carboxylic acids is 1. The van der Waals surface area contributed by atoms with E-state index in [1.54, 1.807) is 0 Å². The summed E-state index contributed by atoms with van der Waals surface area (Å²) in [6.07, 6.45) is 30.5. The van der Waals surface area contributed by atoms with E-state index in [1.807, 2.05) is 12.2 Å². The number of esters is 3. The minimum atomic E-state index is -1.07. The van der Waals surface area contributed by atoms with Gasteiger partial charge in [-0.05, 0) is 64.2 Å². The maximum atomic E-state index is 12.5. The van der Waals surface area contributed by atoms with Crippen molar-refractivity contribution in [3.63, 3.8) is 0 Å². The highest BCUT2D eigenvalue weighted by Gasteiger charge is 2.16. The molecule has 10 heteroatoms. The minimum Gasteiger partial charge on any atom is -0.481 e. The zero-order valence-corrected chi connectivity index (χ0v) is 32.1. The summed E-state index contributed by atoms with van der Waals surface area (Å²) in [6.45, 7) is 4.78. The van der Waals surface area contributed by atoms with Gasteiger partial charge in [0.25, 0.3) is 0 Å². The van der Waals surface area contributed by atoms with E-state index in [-0.39, 0.29) is 37.4 Å². The van der Waals surface area contributed by atoms with Crippen LogP contribution in [0.3, 0.4) is 0 Å². The number of amides is 1. The van der Waals surface area contributed by atoms with E-state index in [4.69, 9.17) is 19.3 Å². The molecule has 0 aliphatic rings. The number of carboxylic acids is 1. The molecule has 51 heavy (non-hydrogen) atoms. The second-order valence-electron chi connectivity index (χ2n) is 13.4. The summed E-state index contributed by atoms with van der Waals surface area (Å²) >= 11 is 0. The number of unbranched alkanes of at least 4 members (excludes halogenated alkanes) is 16. The van der Waals surface area contributed by atoms with Gasteiger partial charge in [-0.2, -0.15) is 0 Å². The zero-order valence-electron chi connectivity index (χ0n) is 32.1. The van der Waals surface area contributed by atoms with Crippen LogP contribution in [0.25, 0.3) is 0 Å². The third-order valence-electron chi connectivity index (χ3n) is 8.57. The summed E-state index contributed by atoms with van der Waals surface area (Å²) in [7, 11) is 0. The van der Waals surface area contributed by atoms with Gasteiger partial charge in [-0.25, -0.2) is 0 Å². The zero-order chi connectivity index (χ0) is 37.6. The molecule has 0 rings (SSSR count). The molecule has 0 heterocycles. The second kappa shape index (κ2) is 36.6. The lowest BCUT2D eigenvalue weighted by Crippen LogP contribution is -2.32. The van der Waals surface area contributed by atoms with Crippen molar-refractivity contribution in [3.8, 4) is 0 Å². The molecule has 10 nitrogen and oxygen atoms in total. The predicted octanol–water partition coefficient (Wildman–Crippen LogP) is 9.48. The number of ether oxygens (including phenoxy) is 3. The average molecular weight is 722 g/mol. The highest BCUT2D eigenvalue weighted by atomic mass is 16.5. The van der Waals surface area contributed by atoms with Crippen LogP contribution in [-0.4, -0.2) is 60.8 Å². The Morgan fingerprint density at radius 3 is 1.45 bits per heavy atom. The van der Waals surface area contributed by atoms with Gasteiger partial charge in [-0.1, -0.05) is 115 Å². The highest BCUT2D eigenvalue weighted by molar-refractivity contribution is 5.84. The van der Waals surface area contributed by atoms with Gasteiger partial charge in [0.1, 0.15) is 25.9 Å². The fraction of sp³-hybridized carbons (Fsp3) is 0.780. The molecule has 0 atom stereocenters. The van der Waals surface area contributed by atoms with Gasteiger partial charge < -0.3 is 24.6 Å². The third kappa shape index (κ3) is 36.4. The van der Waals surface area contributed by atoms with Gasteiger partial charge >= 0.3 is 23.9 Å². The Labute approximate surface area is 308 Å². The van der Waals surface area contributed by atoms with Crippen LogP contribution in [0.1, 0.15) is 181 Å². The standard InChI is InChI=1S/C41H71NO9/c1-3-5-7-9-11-19-25-33-49-39(46)29-23-17-13-15-21-27-36(51-41(48)35-42-37(43)31-32-38(44)45)28-22-16-14-18-24-30-40(47)50-34-26-20-12-10-8-6-4-2/h19-20,25-26,36H,3-18,21-24,27-35H2,1-2H3,(H,42,43)(H,44,45)/b25-19-,26-20-. The minimum absolute atomic E-state index is 0.163. The fourth-order valence-corrected chi connectivity index (χ4v) is 5.49. The molecular formula is C41H71NO9. The summed E-state index contributed by atoms with van der Waals surface area (Å²) in [5.74, 6) is -2.42. The van der Waals surface area contributed by atoms with Crippen LogP contribution in [0.4, 0.5) is 0 Å². The number of nitrogens with one attached hydrogen (secondary N) is 1. The molecule has 0 aromatic carbocycles. The van der Waals surface area contributed by atoms with E-state index < -0.39 is 17.8 Å². The van der Waals surface area contributed by atoms with Crippen molar-refractivity contribution in [2.75, 3.05) is 19.8 Å². The van der Waals surface area contributed by atoms with E-state index >= 15 is 0 Å². The summed E-state index contributed by atoms with van der Waals surface area (Å²) in [4.78, 5) is 58.9. The van der Waals surface area contributed by atoms with Crippen LogP contribution in [0.5, 0.6) is 0 Å². The molecular weight excluding hydrogens is 650 g/mol. The van der Waals surface area contributed by atoms with E-state index in [0.29, 0.717) is 38.9 Å². The first-order chi connectivity index (χ1) is 24.8. The molecule has 0 saturated heterocycles. The Bertz CT molecular complexity index is 911. The van der Waals surface area contributed by atoms with Gasteiger partial charge in [0.05, 0.1) is 6.42 Å². The molecule has 0 radical (unpaired) electrons. The maximum absolute atomic E-state index is 12.5. The Hall–Kier alpha value is -3.17. The van der Waals surface area contributed by atoms with E-state index in [0.717, 1.165) is 77.0 Å². The van der Waals surface area contributed by atoms with Crippen LogP contribution in [0.15, 0.2) is 24.3 Å². The van der Waals surface area contributed by atoms with Gasteiger partial charge in [0.2, 0.25) is 5.91 Å². The van der Waals surface area contributed by atoms with E-state index in [2.05, 4.69) is 31.3 Å². The second-order valence-corrected chi connectivity index (χ2v) is 13.4. The Morgan fingerprint density at radius 1 is 0.529 bits per heavy atom. The normalized spacial score (nSPS) is 11.4. The molecule has 0 unspecified atom stereocenters. The molecule has 0 aromatic heterocycles. The molecule has 0 aliphatic heterocycles. The Morgan fingerprint density at radius 2 is 0.980 bits per heavy atom. The lowest BCUT2D eigenvalue weighted by molar-refractivity contribution is -0.150. The first-order valence-electron chi connectivity index (χ1n) is 20.1. The van der Waals surface area contributed by atoms with Crippen molar-refractivity contribution < 1.29 is 43.3 Å². The molecule has 0 bridgehead atoms. The molecule has 0 aromatic rings. The molecule has 0 spiro atoms. The summed E-state index contributed by atoms with van der Waals surface area (Å²) in [6, 6.07) is 0.